The van der Waals surface area contributed by atoms with Crippen molar-refractivity contribution in [2.24, 2.45) is 0 Å². The van der Waals surface area contributed by atoms with Gasteiger partial charge in [-0.25, -0.2) is 0 Å². The van der Waals surface area contributed by atoms with E-state index in [2.05, 4.69) is 5.32 Å². The van der Waals surface area contributed by atoms with Crippen LogP contribution in [0.3, 0.4) is 0 Å². The highest BCUT2D eigenvalue weighted by atomic mass is 32.1. The van der Waals surface area contributed by atoms with E-state index in [1.165, 1.54) is 11.3 Å². The van der Waals surface area contributed by atoms with Crippen molar-refractivity contribution in [2.75, 3.05) is 0 Å². The molecule has 0 radical (unpaired) electrons. The van der Waals surface area contributed by atoms with Crippen molar-refractivity contribution < 1.29 is 4.79 Å². The number of carbonyl (C=O) groups is 1. The molecule has 0 saturated heterocycles. The van der Waals surface area contributed by atoms with Gasteiger partial charge in [-0.15, -0.1) is 11.3 Å². The zero-order valence-electron chi connectivity index (χ0n) is 6.63. The van der Waals surface area contributed by atoms with E-state index in [1.54, 1.807) is 12.3 Å². The fourth-order valence-corrected chi connectivity index (χ4v) is 1.65. The maximum atomic E-state index is 11.1. The molecule has 0 spiro atoms. The second-order valence-electron chi connectivity index (χ2n) is 2.19. The molecule has 0 bridgehead atoms. The van der Waals surface area contributed by atoms with Crippen molar-refractivity contribution in [1.29, 1.82) is 5.26 Å². The zero-order valence-corrected chi connectivity index (χ0v) is 7.44. The summed E-state index contributed by atoms with van der Waals surface area (Å²) in [6.07, 6.45) is 2.52. The van der Waals surface area contributed by atoms with Crippen LogP contribution in [0.4, 0.5) is 0 Å². The first-order valence-electron chi connectivity index (χ1n) is 3.56. The number of nitrogens with one attached hydrogen (secondary N) is 1. The van der Waals surface area contributed by atoms with E-state index in [9.17, 15) is 4.79 Å². The van der Waals surface area contributed by atoms with Gasteiger partial charge in [-0.3, -0.25) is 10.1 Å². The number of rotatable bonds is 2. The normalized spacial score (nSPS) is 9.00. The smallest absolute Gasteiger partial charge is 0.267 e. The van der Waals surface area contributed by atoms with Gasteiger partial charge >= 0.3 is 0 Å². The van der Waals surface area contributed by atoms with Crippen LogP contribution in [0.2, 0.25) is 0 Å². The molecule has 62 valence electrons. The molecule has 0 saturated carbocycles. The summed E-state index contributed by atoms with van der Waals surface area (Å²) in [5.41, 5.74) is 0. The largest absolute Gasteiger partial charge is 0.274 e. The average molecular weight is 180 g/mol. The predicted molar refractivity (Wildman–Crippen MR) is 46.8 cm³/mol. The van der Waals surface area contributed by atoms with Gasteiger partial charge in [0, 0.05) is 4.88 Å². The molecular formula is C8H8N2OS. The van der Waals surface area contributed by atoms with Crippen LogP contribution in [-0.4, -0.2) is 5.91 Å². The molecule has 1 amide bonds. The molecule has 0 fully saturated rings. The monoisotopic (exact) mass is 180 g/mol. The number of hydrogen-bond donors (Lipinski definition) is 1. The van der Waals surface area contributed by atoms with Gasteiger partial charge in [-0.1, -0.05) is 6.92 Å². The number of thiophene rings is 1. The summed E-state index contributed by atoms with van der Waals surface area (Å²) in [5, 5.41) is 10.3. The molecule has 1 heterocycles. The Kier molecular flexibility index (Phi) is 2.83. The van der Waals surface area contributed by atoms with Crippen molar-refractivity contribution in [3.8, 4) is 6.19 Å². The van der Waals surface area contributed by atoms with Crippen molar-refractivity contribution >= 4 is 17.2 Å². The minimum Gasteiger partial charge on any atom is -0.267 e. The minimum absolute atomic E-state index is 0.317. The molecule has 0 unspecified atom stereocenters. The Bertz CT molecular complexity index is 324. The third-order valence-electron chi connectivity index (χ3n) is 1.40. The van der Waals surface area contributed by atoms with E-state index < -0.39 is 0 Å². The van der Waals surface area contributed by atoms with Crippen LogP contribution in [0.5, 0.6) is 0 Å². The maximum absolute atomic E-state index is 11.1. The van der Waals surface area contributed by atoms with E-state index in [-0.39, 0.29) is 5.91 Å². The van der Waals surface area contributed by atoms with E-state index in [0.717, 1.165) is 11.3 Å². The molecule has 1 N–H and O–H groups in total. The Hall–Kier alpha value is -1.34. The van der Waals surface area contributed by atoms with Gasteiger partial charge in [0.05, 0.1) is 4.88 Å². The second-order valence-corrected chi connectivity index (χ2v) is 3.35. The number of nitrogens with zero attached hydrogens (tertiary/aromatic N) is 1. The highest BCUT2D eigenvalue weighted by Crippen LogP contribution is 2.16. The van der Waals surface area contributed by atoms with E-state index >= 15 is 0 Å². The first-order chi connectivity index (χ1) is 5.77. The summed E-state index contributed by atoms with van der Waals surface area (Å²) in [6, 6.07) is 3.63. The summed E-state index contributed by atoms with van der Waals surface area (Å²) in [6.45, 7) is 2.03. The number of nitriles is 1. The molecule has 12 heavy (non-hydrogen) atoms. The fraction of sp³-hybridized carbons (Fsp3) is 0.250. The Morgan fingerprint density at radius 1 is 1.75 bits per heavy atom. The lowest BCUT2D eigenvalue weighted by molar-refractivity contribution is 0.0977. The van der Waals surface area contributed by atoms with Gasteiger partial charge in [0.25, 0.3) is 5.91 Å². The summed E-state index contributed by atoms with van der Waals surface area (Å²) in [4.78, 5) is 12.8. The van der Waals surface area contributed by atoms with Crippen molar-refractivity contribution in [3.05, 3.63) is 21.9 Å². The lowest BCUT2D eigenvalue weighted by Crippen LogP contribution is -2.15. The van der Waals surface area contributed by atoms with Crippen molar-refractivity contribution in [2.45, 2.75) is 13.3 Å². The molecule has 4 heteroatoms. The quantitative estimate of drug-likeness (QED) is 0.554. The Morgan fingerprint density at radius 3 is 3.00 bits per heavy atom. The van der Waals surface area contributed by atoms with Gasteiger partial charge in [0.1, 0.15) is 0 Å². The molecular weight excluding hydrogens is 172 g/mol. The SMILES string of the molecule is CCc1ccc(C(=O)NC#N)s1. The molecule has 3 nitrogen and oxygen atoms in total. The van der Waals surface area contributed by atoms with Crippen molar-refractivity contribution in [3.63, 3.8) is 0 Å². The number of carbonyl (C=O) groups excluding carboxylic acids is 1. The predicted octanol–water partition coefficient (Wildman–Crippen LogP) is 1.52. The molecule has 1 aromatic rings. The summed E-state index contributed by atoms with van der Waals surface area (Å²) in [7, 11) is 0. The van der Waals surface area contributed by atoms with Crippen LogP contribution in [0.25, 0.3) is 0 Å². The van der Waals surface area contributed by atoms with Crippen LogP contribution < -0.4 is 5.32 Å². The molecule has 1 aromatic heterocycles. The summed E-state index contributed by atoms with van der Waals surface area (Å²) < 4.78 is 0. The lowest BCUT2D eigenvalue weighted by Gasteiger charge is -1.89. The molecule has 0 aliphatic rings. The molecule has 0 aromatic carbocycles. The number of amides is 1. The van der Waals surface area contributed by atoms with Gasteiger partial charge in [0.15, 0.2) is 6.19 Å². The van der Waals surface area contributed by atoms with Crippen LogP contribution >= 0.6 is 11.3 Å². The maximum Gasteiger partial charge on any atom is 0.274 e. The molecule has 0 atom stereocenters. The molecule has 0 aliphatic carbocycles. The first-order valence-corrected chi connectivity index (χ1v) is 4.37. The molecule has 0 aliphatic heterocycles. The summed E-state index contributed by atoms with van der Waals surface area (Å²) >= 11 is 1.42. The van der Waals surface area contributed by atoms with Gasteiger partial charge in [-0.2, -0.15) is 5.26 Å². The third kappa shape index (κ3) is 1.83. The average Bonchev–Trinajstić information content (AvgIpc) is 2.52. The Labute approximate surface area is 74.6 Å². The van der Waals surface area contributed by atoms with E-state index in [1.807, 2.05) is 13.0 Å². The van der Waals surface area contributed by atoms with Gasteiger partial charge in [-0.05, 0) is 18.6 Å². The van der Waals surface area contributed by atoms with Crippen LogP contribution in [0.15, 0.2) is 12.1 Å². The lowest BCUT2D eigenvalue weighted by atomic mass is 10.3. The van der Waals surface area contributed by atoms with E-state index in [0.29, 0.717) is 4.88 Å². The summed E-state index contributed by atoms with van der Waals surface area (Å²) in [5.74, 6) is -0.317. The minimum atomic E-state index is -0.317. The third-order valence-corrected chi connectivity index (χ3v) is 2.63. The van der Waals surface area contributed by atoms with Crippen LogP contribution in [0, 0.1) is 11.5 Å². The number of aryl methyl sites for hydroxylation is 1. The molecule has 1 rings (SSSR count). The van der Waals surface area contributed by atoms with Gasteiger partial charge in [0.2, 0.25) is 0 Å². The van der Waals surface area contributed by atoms with Gasteiger partial charge < -0.3 is 0 Å². The van der Waals surface area contributed by atoms with Crippen molar-refractivity contribution in [1.82, 2.24) is 5.32 Å². The van der Waals surface area contributed by atoms with Crippen LogP contribution in [-0.2, 0) is 6.42 Å². The second kappa shape index (κ2) is 3.88. The Balaban J connectivity index is 2.76. The Morgan fingerprint density at radius 2 is 2.50 bits per heavy atom. The van der Waals surface area contributed by atoms with Crippen LogP contribution in [0.1, 0.15) is 21.5 Å². The highest BCUT2D eigenvalue weighted by molar-refractivity contribution is 7.14. The first kappa shape index (κ1) is 8.75. The fourth-order valence-electron chi connectivity index (χ4n) is 0.802. The standard InChI is InChI=1S/C8H8N2OS/c1-2-6-3-4-7(12-6)8(11)10-5-9/h3-4H,2H2,1H3,(H,10,11). The topological polar surface area (TPSA) is 52.9 Å². The zero-order chi connectivity index (χ0) is 8.97. The highest BCUT2D eigenvalue weighted by Gasteiger charge is 2.06. The van der Waals surface area contributed by atoms with E-state index in [4.69, 9.17) is 5.26 Å². The number of hydrogen-bond acceptors (Lipinski definition) is 3.